The number of hydrogen-bond donors (Lipinski definition) is 1. The number of fused-ring (bicyclic) bond motifs is 1. The van der Waals surface area contributed by atoms with Gasteiger partial charge in [-0.1, -0.05) is 12.1 Å². The van der Waals surface area contributed by atoms with Gasteiger partial charge in [0, 0.05) is 12.6 Å². The van der Waals surface area contributed by atoms with Crippen LogP contribution in [0.15, 0.2) is 39.5 Å². The zero-order valence-corrected chi connectivity index (χ0v) is 13.2. The monoisotopic (exact) mass is 314 g/mol. The van der Waals surface area contributed by atoms with Crippen molar-refractivity contribution in [2.24, 2.45) is 0 Å². The van der Waals surface area contributed by atoms with E-state index >= 15 is 0 Å². The fraction of sp³-hybridized carbons (Fsp3) is 0.444. The van der Waals surface area contributed by atoms with Gasteiger partial charge in [0.25, 0.3) is 5.91 Å². The lowest BCUT2D eigenvalue weighted by atomic mass is 10.2. The Hall–Kier alpha value is -2.14. The lowest BCUT2D eigenvalue weighted by Crippen LogP contribution is -2.26. The van der Waals surface area contributed by atoms with Crippen LogP contribution in [0.1, 0.15) is 36.2 Å². The van der Waals surface area contributed by atoms with E-state index in [1.807, 2.05) is 0 Å². The summed E-state index contributed by atoms with van der Waals surface area (Å²) in [7, 11) is 0. The molecule has 0 saturated carbocycles. The molecule has 1 aliphatic rings. The van der Waals surface area contributed by atoms with Crippen molar-refractivity contribution < 1.29 is 9.21 Å². The number of amides is 1. The average molecular weight is 314 g/mol. The second-order valence-corrected chi connectivity index (χ2v) is 5.98. The summed E-state index contributed by atoms with van der Waals surface area (Å²) in [5.41, 5.74) is 0.255. The van der Waals surface area contributed by atoms with Crippen molar-refractivity contribution in [3.8, 4) is 0 Å². The van der Waals surface area contributed by atoms with E-state index < -0.39 is 0 Å². The molecule has 2 heterocycles. The van der Waals surface area contributed by atoms with Crippen molar-refractivity contribution >= 4 is 16.9 Å². The Balaban J connectivity index is 1.51. The molecule has 5 nitrogen and oxygen atoms in total. The van der Waals surface area contributed by atoms with Crippen LogP contribution in [0.4, 0.5) is 0 Å². The predicted molar refractivity (Wildman–Crippen MR) is 89.7 cm³/mol. The molecule has 3 rings (SSSR count). The summed E-state index contributed by atoms with van der Waals surface area (Å²) >= 11 is 0. The van der Waals surface area contributed by atoms with Crippen LogP contribution in [-0.2, 0) is 0 Å². The van der Waals surface area contributed by atoms with E-state index in [9.17, 15) is 9.59 Å². The number of nitrogens with one attached hydrogen (secondary N) is 1. The van der Waals surface area contributed by atoms with Crippen molar-refractivity contribution in [3.05, 3.63) is 46.3 Å². The normalized spacial score (nSPS) is 15.1. The highest BCUT2D eigenvalue weighted by atomic mass is 16.3. The molecule has 1 aromatic carbocycles. The molecule has 1 N–H and O–H groups in total. The number of rotatable bonds is 6. The van der Waals surface area contributed by atoms with Gasteiger partial charge in [-0.15, -0.1) is 0 Å². The third-order valence-corrected chi connectivity index (χ3v) is 4.24. The molecule has 1 fully saturated rings. The highest BCUT2D eigenvalue weighted by Gasteiger charge is 2.12. The second-order valence-electron chi connectivity index (χ2n) is 5.98. The molecule has 23 heavy (non-hydrogen) atoms. The number of likely N-dealkylation sites (tertiary alicyclic amines) is 1. The summed E-state index contributed by atoms with van der Waals surface area (Å²) in [5, 5.41) is 3.32. The van der Waals surface area contributed by atoms with Gasteiger partial charge in [-0.2, -0.15) is 0 Å². The smallest absolute Gasteiger partial charge is 0.287 e. The van der Waals surface area contributed by atoms with Crippen LogP contribution in [0, 0.1) is 0 Å². The third kappa shape index (κ3) is 3.99. The van der Waals surface area contributed by atoms with Gasteiger partial charge in [-0.05, 0) is 57.5 Å². The number of carbonyl (C=O) groups is 1. The van der Waals surface area contributed by atoms with E-state index in [-0.39, 0.29) is 17.1 Å². The van der Waals surface area contributed by atoms with E-state index in [1.165, 1.54) is 32.0 Å². The van der Waals surface area contributed by atoms with Gasteiger partial charge in [0.05, 0.1) is 5.39 Å². The zero-order chi connectivity index (χ0) is 16.1. The molecule has 1 aromatic heterocycles. The first-order chi connectivity index (χ1) is 11.2. The highest BCUT2D eigenvalue weighted by Crippen LogP contribution is 2.11. The Kier molecular flexibility index (Phi) is 5.08. The van der Waals surface area contributed by atoms with Gasteiger partial charge in [0.15, 0.2) is 11.2 Å². The highest BCUT2D eigenvalue weighted by molar-refractivity contribution is 5.93. The molecule has 0 spiro atoms. The summed E-state index contributed by atoms with van der Waals surface area (Å²) in [6.45, 7) is 4.10. The van der Waals surface area contributed by atoms with Crippen LogP contribution < -0.4 is 10.7 Å². The number of nitrogens with zero attached hydrogens (tertiary/aromatic N) is 1. The summed E-state index contributed by atoms with van der Waals surface area (Å²) in [5.74, 6) is -0.248. The Labute approximate surface area is 135 Å². The fourth-order valence-electron chi connectivity index (χ4n) is 2.97. The second kappa shape index (κ2) is 7.42. The maximum absolute atomic E-state index is 12.1. The third-order valence-electron chi connectivity index (χ3n) is 4.24. The minimum Gasteiger partial charge on any atom is -0.451 e. The van der Waals surface area contributed by atoms with Gasteiger partial charge in [0.2, 0.25) is 0 Å². The van der Waals surface area contributed by atoms with Crippen molar-refractivity contribution in [2.45, 2.75) is 25.7 Å². The first-order valence-electron chi connectivity index (χ1n) is 8.27. The van der Waals surface area contributed by atoms with Crippen molar-refractivity contribution in [2.75, 3.05) is 26.2 Å². The Morgan fingerprint density at radius 1 is 1.17 bits per heavy atom. The average Bonchev–Trinajstić information content (AvgIpc) is 3.07. The van der Waals surface area contributed by atoms with Crippen LogP contribution in [0.3, 0.4) is 0 Å². The first-order valence-corrected chi connectivity index (χ1v) is 8.27. The number of carbonyl (C=O) groups excluding carboxylic acids is 1. The Morgan fingerprint density at radius 2 is 1.96 bits per heavy atom. The molecule has 0 unspecified atom stereocenters. The Morgan fingerprint density at radius 3 is 2.78 bits per heavy atom. The molecule has 1 amide bonds. The molecular weight excluding hydrogens is 292 g/mol. The van der Waals surface area contributed by atoms with E-state index in [2.05, 4.69) is 10.2 Å². The number of hydrogen-bond acceptors (Lipinski definition) is 4. The summed E-state index contributed by atoms with van der Waals surface area (Å²) in [6.07, 6.45) is 4.61. The van der Waals surface area contributed by atoms with Gasteiger partial charge in [-0.25, -0.2) is 0 Å². The molecule has 1 aliphatic heterocycles. The maximum atomic E-state index is 12.1. The van der Waals surface area contributed by atoms with Gasteiger partial charge < -0.3 is 14.6 Å². The fourth-order valence-corrected chi connectivity index (χ4v) is 2.97. The van der Waals surface area contributed by atoms with Gasteiger partial charge in [-0.3, -0.25) is 9.59 Å². The molecule has 0 atom stereocenters. The molecular formula is C18H22N2O3. The molecule has 0 bridgehead atoms. The molecule has 5 heteroatoms. The van der Waals surface area contributed by atoms with Crippen LogP contribution in [0.2, 0.25) is 0 Å². The molecule has 1 saturated heterocycles. The van der Waals surface area contributed by atoms with Gasteiger partial charge >= 0.3 is 0 Å². The largest absolute Gasteiger partial charge is 0.451 e. The summed E-state index contributed by atoms with van der Waals surface area (Å²) in [6, 6.07) is 8.22. The van der Waals surface area contributed by atoms with E-state index in [1.54, 1.807) is 24.3 Å². The Bertz CT molecular complexity index is 732. The summed E-state index contributed by atoms with van der Waals surface area (Å²) in [4.78, 5) is 26.6. The number of unbranched alkanes of at least 4 members (excludes halogenated alkanes) is 1. The van der Waals surface area contributed by atoms with Crippen LogP contribution in [-0.4, -0.2) is 37.0 Å². The quantitative estimate of drug-likeness (QED) is 0.832. The number of benzene rings is 1. The van der Waals surface area contributed by atoms with E-state index in [0.29, 0.717) is 17.5 Å². The lowest BCUT2D eigenvalue weighted by Gasteiger charge is -2.13. The van der Waals surface area contributed by atoms with Crippen LogP contribution in [0.25, 0.3) is 11.0 Å². The lowest BCUT2D eigenvalue weighted by molar-refractivity contribution is 0.0925. The zero-order valence-electron chi connectivity index (χ0n) is 13.2. The maximum Gasteiger partial charge on any atom is 0.287 e. The molecule has 0 radical (unpaired) electrons. The standard InChI is InChI=1S/C18H22N2O3/c21-15-13-17(23-16-8-2-1-7-14(15)16)18(22)19-9-3-4-10-20-11-5-6-12-20/h1-2,7-8,13H,3-6,9-12H2,(H,19,22). The minimum atomic E-state index is -0.325. The number of para-hydroxylation sites is 1. The molecule has 0 aliphatic carbocycles. The minimum absolute atomic E-state index is 0.0771. The van der Waals surface area contributed by atoms with Crippen molar-refractivity contribution in [1.82, 2.24) is 10.2 Å². The van der Waals surface area contributed by atoms with Crippen LogP contribution >= 0.6 is 0 Å². The summed E-state index contributed by atoms with van der Waals surface area (Å²) < 4.78 is 5.52. The van der Waals surface area contributed by atoms with Crippen molar-refractivity contribution in [3.63, 3.8) is 0 Å². The SMILES string of the molecule is O=C(NCCCCN1CCCC1)c1cc(=O)c2ccccc2o1. The molecule has 122 valence electrons. The first kappa shape index (κ1) is 15.7. The van der Waals surface area contributed by atoms with E-state index in [4.69, 9.17) is 4.42 Å². The van der Waals surface area contributed by atoms with Gasteiger partial charge in [0.1, 0.15) is 5.58 Å². The predicted octanol–water partition coefficient (Wildman–Crippen LogP) is 2.40. The molecule has 2 aromatic rings. The van der Waals surface area contributed by atoms with Crippen LogP contribution in [0.5, 0.6) is 0 Å². The topological polar surface area (TPSA) is 62.6 Å². The van der Waals surface area contributed by atoms with E-state index in [0.717, 1.165) is 19.4 Å². The van der Waals surface area contributed by atoms with Crippen molar-refractivity contribution in [1.29, 1.82) is 0 Å².